The van der Waals surface area contributed by atoms with Gasteiger partial charge < -0.3 is 42.6 Å². The van der Waals surface area contributed by atoms with E-state index < -0.39 is 54.5 Å². The number of thioether (sulfide) groups is 1. The van der Waals surface area contributed by atoms with Gasteiger partial charge in [0.15, 0.2) is 0 Å². The Morgan fingerprint density at radius 2 is 1.71 bits per heavy atom. The monoisotopic (exact) mass is 501 g/mol. The highest BCUT2D eigenvalue weighted by atomic mass is 32.2. The van der Waals surface area contributed by atoms with Crippen molar-refractivity contribution in [2.75, 3.05) is 25.2 Å². The number of carbonyl (C=O) groups excluding carboxylic acids is 3. The van der Waals surface area contributed by atoms with Gasteiger partial charge in [0.05, 0.1) is 19.0 Å². The molecule has 4 atom stereocenters. The maximum absolute atomic E-state index is 12.8. The molecule has 1 heterocycles. The van der Waals surface area contributed by atoms with E-state index in [4.69, 9.17) is 11.5 Å². The Labute approximate surface area is 202 Å². The lowest BCUT2D eigenvalue weighted by Crippen LogP contribution is -2.58. The number of nitrogens with zero attached hydrogens (tertiary/aromatic N) is 1. The van der Waals surface area contributed by atoms with Gasteiger partial charge in [0.2, 0.25) is 17.7 Å². The van der Waals surface area contributed by atoms with Gasteiger partial charge in [-0.2, -0.15) is 11.8 Å². The number of rotatable bonds is 17. The molecule has 0 spiro atoms. The third kappa shape index (κ3) is 10.5. The standard InChI is InChI=1S/C20H35N7O6S/c1-34-7-5-15(20(32)33)26-18(30)14(4-2-3-6-21)25-19(31)16(10-28)27-17(29)13(22)8-12-9-23-11-24-12/h9,11,13-16,28H,2-8,10,21-22H2,1H3,(H,23,24)(H,25,31)(H,26,30)(H,27,29)(H,32,33). The first-order chi connectivity index (χ1) is 16.2. The first kappa shape index (κ1) is 29.4. The molecule has 0 saturated heterocycles. The number of unbranched alkanes of at least 4 members (excludes halogenated alkanes) is 1. The summed E-state index contributed by atoms with van der Waals surface area (Å²) in [4.78, 5) is 56.0. The number of aliphatic carboxylic acids is 1. The van der Waals surface area contributed by atoms with Crippen molar-refractivity contribution in [3.8, 4) is 0 Å². The molecule has 0 saturated carbocycles. The highest BCUT2D eigenvalue weighted by Crippen LogP contribution is 2.06. The molecular weight excluding hydrogens is 466 g/mol. The van der Waals surface area contributed by atoms with Crippen molar-refractivity contribution in [3.05, 3.63) is 18.2 Å². The van der Waals surface area contributed by atoms with Crippen LogP contribution in [-0.4, -0.2) is 93.2 Å². The normalized spacial score (nSPS) is 14.5. The molecule has 4 unspecified atom stereocenters. The van der Waals surface area contributed by atoms with Crippen LogP contribution in [0, 0.1) is 0 Å². The van der Waals surface area contributed by atoms with Crippen molar-refractivity contribution in [1.82, 2.24) is 25.9 Å². The average Bonchev–Trinajstić information content (AvgIpc) is 3.31. The number of imidazole rings is 1. The highest BCUT2D eigenvalue weighted by molar-refractivity contribution is 7.98. The molecule has 0 aliphatic carbocycles. The number of amides is 3. The third-order valence-electron chi connectivity index (χ3n) is 4.95. The quantitative estimate of drug-likeness (QED) is 0.106. The Morgan fingerprint density at radius 1 is 1.06 bits per heavy atom. The predicted octanol–water partition coefficient (Wildman–Crippen LogP) is -2.31. The van der Waals surface area contributed by atoms with Crippen LogP contribution in [0.25, 0.3) is 0 Å². The Hall–Kier alpha value is -2.68. The summed E-state index contributed by atoms with van der Waals surface area (Å²) < 4.78 is 0. The van der Waals surface area contributed by atoms with Gasteiger partial charge in [-0.05, 0) is 44.2 Å². The van der Waals surface area contributed by atoms with Crippen molar-refractivity contribution in [1.29, 1.82) is 0 Å². The highest BCUT2D eigenvalue weighted by Gasteiger charge is 2.29. The first-order valence-corrected chi connectivity index (χ1v) is 12.3. The average molecular weight is 502 g/mol. The van der Waals surface area contributed by atoms with Crippen LogP contribution in [0.5, 0.6) is 0 Å². The minimum Gasteiger partial charge on any atom is -0.480 e. The fraction of sp³-hybridized carbons (Fsp3) is 0.650. The van der Waals surface area contributed by atoms with Crippen molar-refractivity contribution >= 4 is 35.5 Å². The molecule has 192 valence electrons. The number of carboxylic acid groups (broad SMARTS) is 1. The second-order valence-corrected chi connectivity index (χ2v) is 8.64. The van der Waals surface area contributed by atoms with Crippen LogP contribution in [-0.2, 0) is 25.6 Å². The molecule has 1 rings (SSSR count). The molecule has 0 radical (unpaired) electrons. The molecule has 10 N–H and O–H groups in total. The largest absolute Gasteiger partial charge is 0.480 e. The zero-order valence-corrected chi connectivity index (χ0v) is 20.0. The van der Waals surface area contributed by atoms with Crippen molar-refractivity contribution in [2.45, 2.75) is 56.3 Å². The molecule has 1 aromatic heterocycles. The molecule has 1 aromatic rings. The first-order valence-electron chi connectivity index (χ1n) is 10.9. The molecule has 0 bridgehead atoms. The summed E-state index contributed by atoms with van der Waals surface area (Å²) in [6, 6.07) is -4.53. The van der Waals surface area contributed by atoms with Crippen LogP contribution < -0.4 is 27.4 Å². The molecule has 3 amide bonds. The van der Waals surface area contributed by atoms with Gasteiger partial charge in [-0.25, -0.2) is 9.78 Å². The van der Waals surface area contributed by atoms with Gasteiger partial charge in [0.1, 0.15) is 18.1 Å². The van der Waals surface area contributed by atoms with Gasteiger partial charge >= 0.3 is 5.97 Å². The lowest BCUT2D eigenvalue weighted by molar-refractivity contribution is -0.142. The molecular formula is C20H35N7O6S. The summed E-state index contributed by atoms with van der Waals surface area (Å²) in [5, 5.41) is 26.3. The fourth-order valence-corrected chi connectivity index (χ4v) is 3.47. The Bertz CT molecular complexity index is 779. The van der Waals surface area contributed by atoms with E-state index in [1.807, 2.05) is 6.26 Å². The molecule has 0 aliphatic heterocycles. The number of aliphatic hydroxyl groups excluding tert-OH is 1. The Kier molecular flexibility index (Phi) is 13.8. The van der Waals surface area contributed by atoms with Gasteiger partial charge in [-0.1, -0.05) is 0 Å². The molecule has 0 aliphatic rings. The number of H-pyrrole nitrogens is 1. The number of aromatic amines is 1. The summed E-state index contributed by atoms with van der Waals surface area (Å²) in [5.74, 6) is -2.79. The second kappa shape index (κ2) is 16.0. The fourth-order valence-electron chi connectivity index (χ4n) is 3.00. The summed E-state index contributed by atoms with van der Waals surface area (Å²) in [5.41, 5.74) is 12.0. The number of aromatic nitrogens is 2. The van der Waals surface area contributed by atoms with Crippen LogP contribution in [0.2, 0.25) is 0 Å². The summed E-state index contributed by atoms with van der Waals surface area (Å²) >= 11 is 1.44. The Balaban J connectivity index is 2.80. The van der Waals surface area contributed by atoms with Gasteiger partial charge in [-0.15, -0.1) is 0 Å². The molecule has 0 aromatic carbocycles. The Morgan fingerprint density at radius 3 is 2.26 bits per heavy atom. The lowest BCUT2D eigenvalue weighted by atomic mass is 10.1. The van der Waals surface area contributed by atoms with Crippen molar-refractivity contribution in [3.63, 3.8) is 0 Å². The van der Waals surface area contributed by atoms with Crippen molar-refractivity contribution < 1.29 is 29.4 Å². The number of carboxylic acids is 1. The van der Waals surface area contributed by atoms with Gasteiger partial charge in [0.25, 0.3) is 0 Å². The minimum atomic E-state index is -1.35. The van der Waals surface area contributed by atoms with E-state index in [1.54, 1.807) is 0 Å². The number of carbonyl (C=O) groups is 4. The number of aliphatic hydroxyl groups is 1. The van der Waals surface area contributed by atoms with E-state index in [0.29, 0.717) is 30.8 Å². The number of hydrogen-bond acceptors (Lipinski definition) is 9. The molecule has 14 heteroatoms. The summed E-state index contributed by atoms with van der Waals surface area (Å²) in [6.07, 6.45) is 6.43. The van der Waals surface area contributed by atoms with Crippen LogP contribution in [0.15, 0.2) is 12.5 Å². The number of nitrogens with two attached hydrogens (primary N) is 2. The maximum Gasteiger partial charge on any atom is 0.326 e. The summed E-state index contributed by atoms with van der Waals surface area (Å²) in [7, 11) is 0. The summed E-state index contributed by atoms with van der Waals surface area (Å²) in [6.45, 7) is -0.339. The topological polar surface area (TPSA) is 226 Å². The van der Waals surface area contributed by atoms with Gasteiger partial charge in [-0.3, -0.25) is 14.4 Å². The zero-order valence-electron chi connectivity index (χ0n) is 19.2. The van der Waals surface area contributed by atoms with Crippen LogP contribution >= 0.6 is 11.8 Å². The minimum absolute atomic E-state index is 0.141. The van der Waals surface area contributed by atoms with E-state index in [2.05, 4.69) is 25.9 Å². The van der Waals surface area contributed by atoms with Crippen LogP contribution in [0.3, 0.4) is 0 Å². The van der Waals surface area contributed by atoms with E-state index >= 15 is 0 Å². The third-order valence-corrected chi connectivity index (χ3v) is 5.60. The lowest BCUT2D eigenvalue weighted by Gasteiger charge is -2.24. The van der Waals surface area contributed by atoms with E-state index in [1.165, 1.54) is 24.3 Å². The van der Waals surface area contributed by atoms with Gasteiger partial charge in [0, 0.05) is 18.3 Å². The molecule has 34 heavy (non-hydrogen) atoms. The second-order valence-electron chi connectivity index (χ2n) is 7.66. The predicted molar refractivity (Wildman–Crippen MR) is 127 cm³/mol. The zero-order chi connectivity index (χ0) is 25.5. The van der Waals surface area contributed by atoms with Crippen LogP contribution in [0.1, 0.15) is 31.4 Å². The van der Waals surface area contributed by atoms with Crippen molar-refractivity contribution in [2.24, 2.45) is 11.5 Å². The van der Waals surface area contributed by atoms with E-state index in [0.717, 1.165) is 0 Å². The molecule has 0 fully saturated rings. The smallest absolute Gasteiger partial charge is 0.326 e. The van der Waals surface area contributed by atoms with E-state index in [9.17, 15) is 29.4 Å². The van der Waals surface area contributed by atoms with E-state index in [-0.39, 0.29) is 19.3 Å². The molecule has 13 nitrogen and oxygen atoms in total. The SMILES string of the molecule is CSCCC(NC(=O)C(CCCCN)NC(=O)C(CO)NC(=O)C(N)Cc1cnc[nH]1)C(=O)O. The maximum atomic E-state index is 12.8. The van der Waals surface area contributed by atoms with Crippen LogP contribution in [0.4, 0.5) is 0 Å². The number of hydrogen-bond donors (Lipinski definition) is 8. The number of nitrogens with one attached hydrogen (secondary N) is 4.